The summed E-state index contributed by atoms with van der Waals surface area (Å²) in [6.07, 6.45) is 3.75. The summed E-state index contributed by atoms with van der Waals surface area (Å²) in [5.41, 5.74) is 2.41. The van der Waals surface area contributed by atoms with Gasteiger partial charge in [0, 0.05) is 44.4 Å². The number of hydrogen-bond acceptors (Lipinski definition) is 7. The molecule has 1 amide bonds. The third-order valence-corrected chi connectivity index (χ3v) is 5.35. The van der Waals surface area contributed by atoms with Crippen LogP contribution in [-0.2, 0) is 16.6 Å². The number of amides is 1. The normalized spacial score (nSPS) is 13.6. The summed E-state index contributed by atoms with van der Waals surface area (Å²) < 4.78 is 8.99. The van der Waals surface area contributed by atoms with Crippen molar-refractivity contribution in [3.05, 3.63) is 30.6 Å². The van der Waals surface area contributed by atoms with Crippen LogP contribution in [-0.4, -0.2) is 67.0 Å². The largest absolute Gasteiger partial charge is 0.378 e. The molecule has 11 heteroatoms. The Kier molecular flexibility index (Phi) is 6.68. The van der Waals surface area contributed by atoms with Crippen LogP contribution in [0, 0.1) is 0 Å². The number of carbonyl (C=O) groups excluding carboxylic acids is 1. The first-order valence-electron chi connectivity index (χ1n) is 11.2. The fraction of sp³-hybridized carbons (Fsp3) is 0.409. The van der Waals surface area contributed by atoms with E-state index in [1.54, 1.807) is 28.7 Å². The van der Waals surface area contributed by atoms with Crippen molar-refractivity contribution in [3.63, 3.8) is 0 Å². The fourth-order valence-electron chi connectivity index (χ4n) is 3.74. The Hall–Kier alpha value is -3.73. The van der Waals surface area contributed by atoms with Gasteiger partial charge in [0.2, 0.25) is 5.91 Å². The number of fused-ring (bicyclic) bond motifs is 1. The molecule has 0 aromatic carbocycles. The molecule has 5 rings (SSSR count). The van der Waals surface area contributed by atoms with Crippen LogP contribution in [0.3, 0.4) is 0 Å². The molecule has 2 N–H and O–H groups in total. The number of aromatic nitrogens is 7. The minimum atomic E-state index is -0.121. The first kappa shape index (κ1) is 22.5. The highest BCUT2D eigenvalue weighted by Crippen LogP contribution is 2.36. The van der Waals surface area contributed by atoms with E-state index in [0.717, 1.165) is 35.6 Å². The smallest absolute Gasteiger partial charge is 0.225 e. The van der Waals surface area contributed by atoms with Gasteiger partial charge in [-0.3, -0.25) is 14.6 Å². The van der Waals surface area contributed by atoms with Gasteiger partial charge in [-0.25, -0.2) is 4.98 Å². The molecule has 5 heterocycles. The summed E-state index contributed by atoms with van der Waals surface area (Å²) in [5.74, 6) is 1.81. The van der Waals surface area contributed by atoms with Crippen LogP contribution >= 0.6 is 0 Å². The Bertz CT molecular complexity index is 1220. The van der Waals surface area contributed by atoms with Crippen molar-refractivity contribution >= 4 is 28.6 Å². The molecular formula is C22H29N9O2. The van der Waals surface area contributed by atoms with E-state index >= 15 is 0 Å². The molecule has 0 bridgehead atoms. The van der Waals surface area contributed by atoms with E-state index in [-0.39, 0.29) is 5.91 Å². The van der Waals surface area contributed by atoms with Crippen LogP contribution < -0.4 is 10.2 Å². The highest BCUT2D eigenvalue weighted by molar-refractivity contribution is 6.06. The van der Waals surface area contributed by atoms with Crippen molar-refractivity contribution in [2.45, 2.75) is 27.2 Å². The second kappa shape index (κ2) is 9.82. The summed E-state index contributed by atoms with van der Waals surface area (Å²) in [5, 5.41) is 19.7. The van der Waals surface area contributed by atoms with Crippen LogP contribution in [0.25, 0.3) is 28.1 Å². The third-order valence-electron chi connectivity index (χ3n) is 5.35. The van der Waals surface area contributed by atoms with Gasteiger partial charge in [-0.1, -0.05) is 20.8 Å². The van der Waals surface area contributed by atoms with E-state index in [0.29, 0.717) is 36.9 Å². The molecule has 33 heavy (non-hydrogen) atoms. The van der Waals surface area contributed by atoms with E-state index in [4.69, 9.17) is 9.72 Å². The number of nitrogens with one attached hydrogen (secondary N) is 2. The Morgan fingerprint density at radius 1 is 1.21 bits per heavy atom. The zero-order chi connectivity index (χ0) is 23.4. The number of nitrogens with zero attached hydrogens (tertiary/aromatic N) is 7. The van der Waals surface area contributed by atoms with E-state index < -0.39 is 0 Å². The molecule has 0 saturated carbocycles. The van der Waals surface area contributed by atoms with Crippen molar-refractivity contribution in [2.24, 2.45) is 7.05 Å². The molecule has 1 fully saturated rings. The number of aryl methyl sites for hydroxylation is 1. The van der Waals surface area contributed by atoms with Crippen molar-refractivity contribution in [3.8, 4) is 17.1 Å². The van der Waals surface area contributed by atoms with E-state index in [2.05, 4.69) is 30.6 Å². The SMILES string of the molecule is CC.CCC(=O)Nc1nn(-c2ccn[nH]2)c2nc(N3CCOCC3)cc(-c3ccnn3C)c12. The molecule has 0 aliphatic carbocycles. The lowest BCUT2D eigenvalue weighted by atomic mass is 10.1. The molecule has 1 aliphatic rings. The van der Waals surface area contributed by atoms with Crippen molar-refractivity contribution in [1.82, 2.24) is 34.7 Å². The van der Waals surface area contributed by atoms with E-state index in [1.165, 1.54) is 0 Å². The van der Waals surface area contributed by atoms with Gasteiger partial charge in [-0.15, -0.1) is 5.10 Å². The predicted octanol–water partition coefficient (Wildman–Crippen LogP) is 2.76. The van der Waals surface area contributed by atoms with Crippen molar-refractivity contribution in [2.75, 3.05) is 36.5 Å². The Labute approximate surface area is 191 Å². The Morgan fingerprint density at radius 3 is 2.64 bits per heavy atom. The molecule has 1 saturated heterocycles. The van der Waals surface area contributed by atoms with Gasteiger partial charge in [-0.2, -0.15) is 14.9 Å². The number of anilines is 2. The summed E-state index contributed by atoms with van der Waals surface area (Å²) >= 11 is 0. The van der Waals surface area contributed by atoms with Gasteiger partial charge in [0.05, 0.1) is 30.5 Å². The van der Waals surface area contributed by atoms with Crippen LogP contribution in [0.5, 0.6) is 0 Å². The van der Waals surface area contributed by atoms with Gasteiger partial charge < -0.3 is 15.0 Å². The highest BCUT2D eigenvalue weighted by atomic mass is 16.5. The van der Waals surface area contributed by atoms with Gasteiger partial charge >= 0.3 is 0 Å². The fourth-order valence-corrected chi connectivity index (χ4v) is 3.74. The molecule has 0 radical (unpaired) electrons. The topological polar surface area (TPSA) is 119 Å². The molecule has 11 nitrogen and oxygen atoms in total. The zero-order valence-electron chi connectivity index (χ0n) is 19.4. The lowest BCUT2D eigenvalue weighted by molar-refractivity contribution is -0.115. The van der Waals surface area contributed by atoms with Crippen LogP contribution in [0.4, 0.5) is 11.6 Å². The van der Waals surface area contributed by atoms with Gasteiger partial charge in [0.1, 0.15) is 5.82 Å². The standard InChI is InChI=1S/C20H23N9O2.C2H6/c1-3-17(30)24-19-18-13(14-4-7-22-27(14)2)12-16(28-8-10-31-11-9-28)23-20(18)29(26-19)15-5-6-21-25-15;1-2/h4-7,12H,3,8-11H2,1-2H3,(H,21,25)(H,24,26,30);1-2H3. The van der Waals surface area contributed by atoms with Gasteiger partial charge in [-0.05, 0) is 12.1 Å². The monoisotopic (exact) mass is 451 g/mol. The first-order valence-corrected chi connectivity index (χ1v) is 11.2. The zero-order valence-corrected chi connectivity index (χ0v) is 19.4. The Balaban J connectivity index is 0.00000126. The second-order valence-electron chi connectivity index (χ2n) is 7.27. The lowest BCUT2D eigenvalue weighted by Gasteiger charge is -2.28. The summed E-state index contributed by atoms with van der Waals surface area (Å²) in [7, 11) is 1.89. The molecule has 174 valence electrons. The number of morpholine rings is 1. The molecule has 4 aromatic heterocycles. The molecule has 0 atom stereocenters. The molecule has 0 unspecified atom stereocenters. The minimum Gasteiger partial charge on any atom is -0.378 e. The quantitative estimate of drug-likeness (QED) is 0.479. The molecule has 4 aromatic rings. The van der Waals surface area contributed by atoms with Crippen LogP contribution in [0.15, 0.2) is 30.6 Å². The maximum Gasteiger partial charge on any atom is 0.225 e. The summed E-state index contributed by atoms with van der Waals surface area (Å²) in [6, 6.07) is 5.78. The van der Waals surface area contributed by atoms with Gasteiger partial charge in [0.25, 0.3) is 0 Å². The number of carbonyl (C=O) groups is 1. The number of rotatable bonds is 5. The average molecular weight is 452 g/mol. The minimum absolute atomic E-state index is 0.121. The lowest BCUT2D eigenvalue weighted by Crippen LogP contribution is -2.36. The van der Waals surface area contributed by atoms with Crippen molar-refractivity contribution in [1.29, 1.82) is 0 Å². The maximum absolute atomic E-state index is 12.3. The van der Waals surface area contributed by atoms with Crippen LogP contribution in [0.2, 0.25) is 0 Å². The van der Waals surface area contributed by atoms with E-state index in [1.807, 2.05) is 39.1 Å². The maximum atomic E-state index is 12.3. The Morgan fingerprint density at radius 2 is 2.00 bits per heavy atom. The third kappa shape index (κ3) is 4.31. The number of ether oxygens (including phenoxy) is 1. The second-order valence-corrected chi connectivity index (χ2v) is 7.27. The number of aromatic amines is 1. The predicted molar refractivity (Wildman–Crippen MR) is 127 cm³/mol. The highest BCUT2D eigenvalue weighted by Gasteiger charge is 2.24. The van der Waals surface area contributed by atoms with Gasteiger partial charge in [0.15, 0.2) is 17.3 Å². The summed E-state index contributed by atoms with van der Waals surface area (Å²) in [4.78, 5) is 19.4. The number of pyridine rings is 1. The van der Waals surface area contributed by atoms with Crippen LogP contribution in [0.1, 0.15) is 27.2 Å². The van der Waals surface area contributed by atoms with E-state index in [9.17, 15) is 4.79 Å². The number of H-pyrrole nitrogens is 1. The first-order chi connectivity index (χ1) is 16.2. The average Bonchev–Trinajstić information content (AvgIpc) is 3.61. The molecule has 1 aliphatic heterocycles. The molecular weight excluding hydrogens is 422 g/mol. The number of hydrogen-bond donors (Lipinski definition) is 2. The summed E-state index contributed by atoms with van der Waals surface area (Å²) in [6.45, 7) is 8.61. The molecule has 0 spiro atoms. The van der Waals surface area contributed by atoms with Crippen molar-refractivity contribution < 1.29 is 9.53 Å².